The SMILES string of the molecule is CC1CC(C)CN(c2ccc(C(=O)N3CCCNCC3)cc2[N+](=O)[O-])C1. The maximum absolute atomic E-state index is 12.8. The van der Waals surface area contributed by atoms with E-state index in [2.05, 4.69) is 24.1 Å². The average molecular weight is 360 g/mol. The highest BCUT2D eigenvalue weighted by molar-refractivity contribution is 5.95. The minimum absolute atomic E-state index is 0.0325. The van der Waals surface area contributed by atoms with E-state index in [1.807, 2.05) is 0 Å². The van der Waals surface area contributed by atoms with Gasteiger partial charge >= 0.3 is 0 Å². The molecule has 1 aromatic rings. The lowest BCUT2D eigenvalue weighted by Gasteiger charge is -2.36. The largest absolute Gasteiger partial charge is 0.365 e. The molecule has 2 aliphatic heterocycles. The summed E-state index contributed by atoms with van der Waals surface area (Å²) in [5.41, 5.74) is 1.06. The van der Waals surface area contributed by atoms with Gasteiger partial charge in [0.25, 0.3) is 11.6 Å². The Morgan fingerprint density at radius 2 is 1.92 bits per heavy atom. The lowest BCUT2D eigenvalue weighted by Crippen LogP contribution is -2.39. The first-order valence-corrected chi connectivity index (χ1v) is 9.49. The molecular weight excluding hydrogens is 332 g/mol. The summed E-state index contributed by atoms with van der Waals surface area (Å²) in [7, 11) is 0. The van der Waals surface area contributed by atoms with Gasteiger partial charge in [-0.3, -0.25) is 14.9 Å². The summed E-state index contributed by atoms with van der Waals surface area (Å²) in [6.45, 7) is 8.97. The quantitative estimate of drug-likeness (QED) is 0.662. The predicted molar refractivity (Wildman–Crippen MR) is 102 cm³/mol. The summed E-state index contributed by atoms with van der Waals surface area (Å²) in [5.74, 6) is 0.886. The Kier molecular flexibility index (Phi) is 5.76. The van der Waals surface area contributed by atoms with Crippen LogP contribution in [0.3, 0.4) is 0 Å². The number of nitrogens with zero attached hydrogens (tertiary/aromatic N) is 3. The molecule has 1 N–H and O–H groups in total. The molecule has 0 spiro atoms. The summed E-state index contributed by atoms with van der Waals surface area (Å²) >= 11 is 0. The molecule has 2 saturated heterocycles. The molecule has 2 heterocycles. The Labute approximate surface area is 154 Å². The third-order valence-electron chi connectivity index (χ3n) is 5.26. The van der Waals surface area contributed by atoms with Crippen LogP contribution >= 0.6 is 0 Å². The fourth-order valence-corrected chi connectivity index (χ4v) is 4.16. The molecule has 142 valence electrons. The number of piperidine rings is 1. The second-order valence-corrected chi connectivity index (χ2v) is 7.71. The van der Waals surface area contributed by atoms with Crippen LogP contribution in [-0.4, -0.2) is 55.0 Å². The molecule has 0 aliphatic carbocycles. The van der Waals surface area contributed by atoms with Crippen LogP contribution in [0, 0.1) is 22.0 Å². The maximum atomic E-state index is 12.8. The smallest absolute Gasteiger partial charge is 0.293 e. The highest BCUT2D eigenvalue weighted by atomic mass is 16.6. The van der Waals surface area contributed by atoms with E-state index in [0.717, 1.165) is 39.0 Å². The molecular formula is C19H28N4O3. The van der Waals surface area contributed by atoms with E-state index in [-0.39, 0.29) is 16.5 Å². The molecule has 1 aromatic carbocycles. The second kappa shape index (κ2) is 8.03. The van der Waals surface area contributed by atoms with Crippen molar-refractivity contribution in [2.24, 2.45) is 11.8 Å². The van der Waals surface area contributed by atoms with Gasteiger partial charge in [0.15, 0.2) is 0 Å². The zero-order valence-corrected chi connectivity index (χ0v) is 15.6. The van der Waals surface area contributed by atoms with Crippen molar-refractivity contribution < 1.29 is 9.72 Å². The first kappa shape index (κ1) is 18.6. The summed E-state index contributed by atoms with van der Waals surface area (Å²) < 4.78 is 0. The van der Waals surface area contributed by atoms with E-state index < -0.39 is 0 Å². The lowest BCUT2D eigenvalue weighted by molar-refractivity contribution is -0.384. The second-order valence-electron chi connectivity index (χ2n) is 7.71. The third-order valence-corrected chi connectivity index (χ3v) is 5.26. The van der Waals surface area contributed by atoms with E-state index >= 15 is 0 Å². The highest BCUT2D eigenvalue weighted by Gasteiger charge is 2.28. The Hall–Kier alpha value is -2.15. The summed E-state index contributed by atoms with van der Waals surface area (Å²) in [6.07, 6.45) is 2.04. The normalized spacial score (nSPS) is 24.2. The summed E-state index contributed by atoms with van der Waals surface area (Å²) in [5, 5.41) is 14.9. The van der Waals surface area contributed by atoms with Crippen LogP contribution in [0.1, 0.15) is 37.0 Å². The van der Waals surface area contributed by atoms with E-state index in [1.54, 1.807) is 17.0 Å². The number of nitro groups is 1. The number of hydrogen-bond donors (Lipinski definition) is 1. The topological polar surface area (TPSA) is 78.7 Å². The third kappa shape index (κ3) is 4.15. The molecule has 0 radical (unpaired) electrons. The van der Waals surface area contributed by atoms with Crippen molar-refractivity contribution in [2.75, 3.05) is 44.2 Å². The van der Waals surface area contributed by atoms with Gasteiger partial charge in [-0.15, -0.1) is 0 Å². The van der Waals surface area contributed by atoms with Crippen molar-refractivity contribution in [3.8, 4) is 0 Å². The van der Waals surface area contributed by atoms with Crippen molar-refractivity contribution in [1.29, 1.82) is 0 Å². The van der Waals surface area contributed by atoms with Crippen LogP contribution in [0.4, 0.5) is 11.4 Å². The molecule has 2 atom stereocenters. The average Bonchev–Trinajstić information content (AvgIpc) is 2.89. The molecule has 1 amide bonds. The Balaban J connectivity index is 1.86. The van der Waals surface area contributed by atoms with Gasteiger partial charge in [0.2, 0.25) is 0 Å². The molecule has 0 aromatic heterocycles. The van der Waals surface area contributed by atoms with E-state index in [1.165, 1.54) is 6.07 Å². The van der Waals surface area contributed by atoms with Gasteiger partial charge in [-0.2, -0.15) is 0 Å². The summed E-state index contributed by atoms with van der Waals surface area (Å²) in [4.78, 5) is 28.0. The highest BCUT2D eigenvalue weighted by Crippen LogP contribution is 2.34. The molecule has 0 saturated carbocycles. The standard InChI is InChI=1S/C19H28N4O3/c1-14-10-15(2)13-22(12-14)17-5-4-16(11-18(17)23(25)26)19(24)21-8-3-6-20-7-9-21/h4-5,11,14-15,20H,3,6-10,12-13H2,1-2H3. The zero-order chi connectivity index (χ0) is 18.7. The van der Waals surface area contributed by atoms with Gasteiger partial charge in [0.05, 0.1) is 4.92 Å². The maximum Gasteiger partial charge on any atom is 0.293 e. The van der Waals surface area contributed by atoms with Crippen LogP contribution in [0.25, 0.3) is 0 Å². The number of hydrogen-bond acceptors (Lipinski definition) is 5. The van der Waals surface area contributed by atoms with Gasteiger partial charge in [-0.25, -0.2) is 0 Å². The van der Waals surface area contributed by atoms with E-state index in [9.17, 15) is 14.9 Å². The van der Waals surface area contributed by atoms with E-state index in [4.69, 9.17) is 0 Å². The molecule has 2 unspecified atom stereocenters. The summed E-state index contributed by atoms with van der Waals surface area (Å²) in [6, 6.07) is 4.96. The molecule has 7 heteroatoms. The molecule has 0 bridgehead atoms. The van der Waals surface area contributed by atoms with Gasteiger partial charge in [0, 0.05) is 44.4 Å². The Morgan fingerprint density at radius 1 is 1.19 bits per heavy atom. The number of nitro benzene ring substituents is 1. The Bertz CT molecular complexity index is 661. The van der Waals surface area contributed by atoms with Gasteiger partial charge in [-0.1, -0.05) is 13.8 Å². The molecule has 26 heavy (non-hydrogen) atoms. The van der Waals surface area contributed by atoms with Gasteiger partial charge < -0.3 is 15.1 Å². The number of nitrogens with one attached hydrogen (secondary N) is 1. The molecule has 3 rings (SSSR count). The van der Waals surface area contributed by atoms with Crippen molar-refractivity contribution in [3.05, 3.63) is 33.9 Å². The minimum Gasteiger partial charge on any atom is -0.365 e. The molecule has 7 nitrogen and oxygen atoms in total. The van der Waals surface area contributed by atoms with Crippen LogP contribution in [0.2, 0.25) is 0 Å². The van der Waals surface area contributed by atoms with Crippen LogP contribution < -0.4 is 10.2 Å². The number of carbonyl (C=O) groups is 1. The lowest BCUT2D eigenvalue weighted by atomic mass is 9.91. The van der Waals surface area contributed by atoms with Gasteiger partial charge in [0.1, 0.15) is 5.69 Å². The van der Waals surface area contributed by atoms with Crippen molar-refractivity contribution in [1.82, 2.24) is 10.2 Å². The predicted octanol–water partition coefficient (Wildman–Crippen LogP) is 2.51. The first-order valence-electron chi connectivity index (χ1n) is 9.49. The number of anilines is 1. The van der Waals surface area contributed by atoms with E-state index in [0.29, 0.717) is 36.2 Å². The van der Waals surface area contributed by atoms with Crippen molar-refractivity contribution in [3.63, 3.8) is 0 Å². The number of rotatable bonds is 3. The first-order chi connectivity index (χ1) is 12.5. The zero-order valence-electron chi connectivity index (χ0n) is 15.6. The minimum atomic E-state index is -0.361. The molecule has 2 aliphatic rings. The number of benzene rings is 1. The van der Waals surface area contributed by atoms with Gasteiger partial charge in [-0.05, 0) is 43.4 Å². The number of carbonyl (C=O) groups excluding carboxylic acids is 1. The van der Waals surface area contributed by atoms with Crippen molar-refractivity contribution >= 4 is 17.3 Å². The monoisotopic (exact) mass is 360 g/mol. The van der Waals surface area contributed by atoms with Crippen LogP contribution in [0.5, 0.6) is 0 Å². The Morgan fingerprint density at radius 3 is 2.62 bits per heavy atom. The molecule has 2 fully saturated rings. The van der Waals surface area contributed by atoms with Crippen LogP contribution in [0.15, 0.2) is 18.2 Å². The van der Waals surface area contributed by atoms with Crippen LogP contribution in [-0.2, 0) is 0 Å². The fraction of sp³-hybridized carbons (Fsp3) is 0.632. The van der Waals surface area contributed by atoms with Crippen molar-refractivity contribution in [2.45, 2.75) is 26.7 Å². The fourth-order valence-electron chi connectivity index (χ4n) is 4.16. The number of amides is 1.